The summed E-state index contributed by atoms with van der Waals surface area (Å²) in [6, 6.07) is 2.97. The maximum absolute atomic E-state index is 12.8. The van der Waals surface area contributed by atoms with Crippen LogP contribution in [0.4, 0.5) is 13.2 Å². The standard InChI is InChI=1S/C13H10F3NO3/c14-13(15,16)7-1-2-9-10(12(18)19)4-17(11(9)3-7)8-5-20-6-8/h1-4,8H,5-6H2,(H,18,19). The van der Waals surface area contributed by atoms with Crippen LogP contribution in [0.25, 0.3) is 10.9 Å². The van der Waals surface area contributed by atoms with Gasteiger partial charge >= 0.3 is 12.1 Å². The number of fused-ring (bicyclic) bond motifs is 1. The first-order valence-corrected chi connectivity index (χ1v) is 5.91. The molecule has 0 bridgehead atoms. The Balaban J connectivity index is 2.23. The molecule has 0 saturated carbocycles. The molecule has 2 aromatic rings. The third kappa shape index (κ3) is 1.94. The number of aromatic nitrogens is 1. The zero-order chi connectivity index (χ0) is 14.5. The SMILES string of the molecule is O=C(O)c1cn(C2COC2)c2cc(C(F)(F)F)ccc12. The molecular weight excluding hydrogens is 275 g/mol. The van der Waals surface area contributed by atoms with E-state index in [1.54, 1.807) is 4.57 Å². The first-order valence-electron chi connectivity index (χ1n) is 5.91. The van der Waals surface area contributed by atoms with Gasteiger partial charge in [-0.05, 0) is 12.1 Å². The monoisotopic (exact) mass is 285 g/mol. The Bertz CT molecular complexity index is 686. The number of halogens is 3. The Morgan fingerprint density at radius 2 is 2.05 bits per heavy atom. The second-order valence-electron chi connectivity index (χ2n) is 4.68. The summed E-state index contributed by atoms with van der Waals surface area (Å²) in [4.78, 5) is 11.2. The molecule has 7 heteroatoms. The molecule has 106 valence electrons. The highest BCUT2D eigenvalue weighted by Gasteiger charge is 2.32. The smallest absolute Gasteiger partial charge is 0.416 e. The minimum Gasteiger partial charge on any atom is -0.478 e. The number of carboxylic acid groups (broad SMARTS) is 1. The van der Waals surface area contributed by atoms with E-state index in [1.165, 1.54) is 12.3 Å². The van der Waals surface area contributed by atoms with Crippen molar-refractivity contribution in [3.8, 4) is 0 Å². The molecular formula is C13H10F3NO3. The van der Waals surface area contributed by atoms with Crippen LogP contribution in [-0.4, -0.2) is 28.9 Å². The van der Waals surface area contributed by atoms with Crippen LogP contribution in [0.2, 0.25) is 0 Å². The van der Waals surface area contributed by atoms with Gasteiger partial charge < -0.3 is 14.4 Å². The van der Waals surface area contributed by atoms with Gasteiger partial charge in [-0.1, -0.05) is 6.07 Å². The number of rotatable bonds is 2. The number of ether oxygens (including phenoxy) is 1. The van der Waals surface area contributed by atoms with Crippen LogP contribution in [0.1, 0.15) is 22.0 Å². The highest BCUT2D eigenvalue weighted by atomic mass is 19.4. The highest BCUT2D eigenvalue weighted by molar-refractivity contribution is 6.03. The molecule has 1 saturated heterocycles. The Labute approximate surface area is 111 Å². The van der Waals surface area contributed by atoms with Gasteiger partial charge in [0.25, 0.3) is 0 Å². The lowest BCUT2D eigenvalue weighted by Crippen LogP contribution is -2.30. The fourth-order valence-corrected chi connectivity index (χ4v) is 2.28. The van der Waals surface area contributed by atoms with E-state index in [2.05, 4.69) is 0 Å². The van der Waals surface area contributed by atoms with Gasteiger partial charge in [-0.2, -0.15) is 13.2 Å². The van der Waals surface area contributed by atoms with Gasteiger partial charge in [-0.25, -0.2) is 4.79 Å². The maximum atomic E-state index is 12.8. The van der Waals surface area contributed by atoms with E-state index in [9.17, 15) is 18.0 Å². The summed E-state index contributed by atoms with van der Waals surface area (Å²) in [5.41, 5.74) is -0.521. The molecule has 2 heterocycles. The van der Waals surface area contributed by atoms with E-state index in [0.29, 0.717) is 18.6 Å². The van der Waals surface area contributed by atoms with Crippen LogP contribution in [-0.2, 0) is 10.9 Å². The molecule has 4 nitrogen and oxygen atoms in total. The summed E-state index contributed by atoms with van der Waals surface area (Å²) in [7, 11) is 0. The van der Waals surface area contributed by atoms with Crippen molar-refractivity contribution in [1.82, 2.24) is 4.57 Å². The van der Waals surface area contributed by atoms with E-state index in [4.69, 9.17) is 9.84 Å². The van der Waals surface area contributed by atoms with Gasteiger partial charge in [0.05, 0.1) is 30.4 Å². The molecule has 0 unspecified atom stereocenters. The van der Waals surface area contributed by atoms with Gasteiger partial charge in [0, 0.05) is 17.1 Å². The number of benzene rings is 1. The predicted octanol–water partition coefficient (Wildman–Crippen LogP) is 2.93. The normalized spacial score (nSPS) is 16.4. The number of alkyl halides is 3. The summed E-state index contributed by atoms with van der Waals surface area (Å²) in [6.45, 7) is 0.748. The van der Waals surface area contributed by atoms with Gasteiger partial charge in [-0.3, -0.25) is 0 Å². The summed E-state index contributed by atoms with van der Waals surface area (Å²) in [5, 5.41) is 9.43. The Morgan fingerprint density at radius 3 is 2.55 bits per heavy atom. The van der Waals surface area contributed by atoms with Crippen molar-refractivity contribution in [2.75, 3.05) is 13.2 Å². The van der Waals surface area contributed by atoms with Crippen molar-refractivity contribution in [1.29, 1.82) is 0 Å². The van der Waals surface area contributed by atoms with Gasteiger partial charge in [0.2, 0.25) is 0 Å². The van der Waals surface area contributed by atoms with E-state index in [0.717, 1.165) is 12.1 Å². The number of carboxylic acids is 1. The average molecular weight is 285 g/mol. The highest BCUT2D eigenvalue weighted by Crippen LogP contribution is 2.34. The van der Waals surface area contributed by atoms with E-state index in [1.807, 2.05) is 0 Å². The van der Waals surface area contributed by atoms with Crippen molar-refractivity contribution >= 4 is 16.9 Å². The van der Waals surface area contributed by atoms with Crippen LogP contribution in [0.15, 0.2) is 24.4 Å². The molecule has 0 spiro atoms. The van der Waals surface area contributed by atoms with Gasteiger partial charge in [0.1, 0.15) is 0 Å². The summed E-state index contributed by atoms with van der Waals surface area (Å²) in [6.07, 6.45) is -3.08. The molecule has 1 fully saturated rings. The van der Waals surface area contributed by atoms with Crippen molar-refractivity contribution in [2.24, 2.45) is 0 Å². The zero-order valence-electron chi connectivity index (χ0n) is 10.1. The van der Waals surface area contributed by atoms with Crippen LogP contribution < -0.4 is 0 Å². The average Bonchev–Trinajstić information content (AvgIpc) is 2.65. The van der Waals surface area contributed by atoms with Crippen molar-refractivity contribution in [3.63, 3.8) is 0 Å². The summed E-state index contributed by atoms with van der Waals surface area (Å²) in [5.74, 6) is -1.16. The second-order valence-corrected chi connectivity index (χ2v) is 4.68. The molecule has 1 aromatic carbocycles. The Morgan fingerprint density at radius 1 is 1.35 bits per heavy atom. The van der Waals surface area contributed by atoms with Crippen LogP contribution in [0.3, 0.4) is 0 Å². The molecule has 3 rings (SSSR count). The lowest BCUT2D eigenvalue weighted by molar-refractivity contribution is -0.137. The molecule has 1 aliphatic heterocycles. The van der Waals surface area contributed by atoms with Crippen molar-refractivity contribution in [3.05, 3.63) is 35.5 Å². The maximum Gasteiger partial charge on any atom is 0.416 e. The largest absolute Gasteiger partial charge is 0.478 e. The topological polar surface area (TPSA) is 51.5 Å². The second kappa shape index (κ2) is 4.24. The van der Waals surface area contributed by atoms with E-state index < -0.39 is 17.7 Å². The number of hydrogen-bond donors (Lipinski definition) is 1. The van der Waals surface area contributed by atoms with Crippen LogP contribution in [0.5, 0.6) is 0 Å². The van der Waals surface area contributed by atoms with Gasteiger partial charge in [0.15, 0.2) is 0 Å². The minimum absolute atomic E-state index is 0.000578. The first-order chi connectivity index (χ1) is 9.38. The third-order valence-electron chi connectivity index (χ3n) is 3.41. The Hall–Kier alpha value is -2.02. The predicted molar refractivity (Wildman–Crippen MR) is 63.8 cm³/mol. The lowest BCUT2D eigenvalue weighted by Gasteiger charge is -2.28. The molecule has 0 radical (unpaired) electrons. The number of carbonyl (C=O) groups is 1. The molecule has 0 amide bonds. The fraction of sp³-hybridized carbons (Fsp3) is 0.308. The fourth-order valence-electron chi connectivity index (χ4n) is 2.28. The number of aromatic carboxylic acids is 1. The van der Waals surface area contributed by atoms with Crippen molar-refractivity contribution < 1.29 is 27.8 Å². The first kappa shape index (κ1) is 13.0. The molecule has 0 aliphatic carbocycles. The number of hydrogen-bond acceptors (Lipinski definition) is 2. The zero-order valence-corrected chi connectivity index (χ0v) is 10.1. The van der Waals surface area contributed by atoms with Gasteiger partial charge in [-0.15, -0.1) is 0 Å². The molecule has 1 aliphatic rings. The summed E-state index contributed by atoms with van der Waals surface area (Å²) >= 11 is 0. The van der Waals surface area contributed by atoms with Crippen LogP contribution in [0, 0.1) is 0 Å². The molecule has 1 aromatic heterocycles. The number of nitrogens with zero attached hydrogens (tertiary/aromatic N) is 1. The third-order valence-corrected chi connectivity index (χ3v) is 3.41. The molecule has 0 atom stereocenters. The lowest BCUT2D eigenvalue weighted by atomic mass is 10.1. The quantitative estimate of drug-likeness (QED) is 0.923. The summed E-state index contributed by atoms with van der Waals surface area (Å²) < 4.78 is 44.8. The Kier molecular flexibility index (Phi) is 2.75. The van der Waals surface area contributed by atoms with E-state index in [-0.39, 0.29) is 17.1 Å². The minimum atomic E-state index is -4.46. The molecule has 1 N–H and O–H groups in total. The van der Waals surface area contributed by atoms with Crippen LogP contribution >= 0.6 is 0 Å². The van der Waals surface area contributed by atoms with E-state index >= 15 is 0 Å². The van der Waals surface area contributed by atoms with Crippen molar-refractivity contribution in [2.45, 2.75) is 12.2 Å². The molecule has 20 heavy (non-hydrogen) atoms.